The van der Waals surface area contributed by atoms with Crippen LogP contribution in [-0.2, 0) is 11.2 Å². The minimum Gasteiger partial charge on any atom is -0.388 e. The van der Waals surface area contributed by atoms with E-state index in [1.807, 2.05) is 22.9 Å². The molecule has 1 saturated carbocycles. The molecule has 1 fully saturated rings. The fraction of sp³-hybridized carbons (Fsp3) is 0.571. The molecule has 0 unspecified atom stereocenters. The zero-order valence-electron chi connectivity index (χ0n) is 11.6. The van der Waals surface area contributed by atoms with Gasteiger partial charge < -0.3 is 10.4 Å². The van der Waals surface area contributed by atoms with Crippen molar-refractivity contribution in [3.05, 3.63) is 23.0 Å². The van der Waals surface area contributed by atoms with Gasteiger partial charge in [-0.1, -0.05) is 12.8 Å². The number of aryl methyl sites for hydroxylation is 1. The number of carbonyl (C=O) groups excluding carboxylic acids is 1. The number of carbonyl (C=O) groups is 1. The lowest BCUT2D eigenvalue weighted by Crippen LogP contribution is -2.41. The quantitative estimate of drug-likeness (QED) is 0.901. The molecular weight excluding hydrogens is 274 g/mol. The minimum absolute atomic E-state index is 0.0450. The Balaban J connectivity index is 1.61. The van der Waals surface area contributed by atoms with Gasteiger partial charge in [-0.2, -0.15) is 0 Å². The topological polar surface area (TPSA) is 66.6 Å². The third kappa shape index (κ3) is 2.71. The third-order valence-corrected chi connectivity index (χ3v) is 4.78. The predicted octanol–water partition coefficient (Wildman–Crippen LogP) is 1.67. The summed E-state index contributed by atoms with van der Waals surface area (Å²) in [5.74, 6) is -0.0450. The Bertz CT molecular complexity index is 625. The molecule has 20 heavy (non-hydrogen) atoms. The standard InChI is InChI=1S/C14H19N3O2S/c1-10-7-17-11(8-20-13(17)16-10)6-12(18)15-9-14(19)4-2-3-5-14/h7-8,19H,2-6,9H2,1H3,(H,15,18). The number of imidazole rings is 1. The Labute approximate surface area is 121 Å². The molecule has 5 nitrogen and oxygen atoms in total. The van der Waals surface area contributed by atoms with Gasteiger partial charge in [-0.25, -0.2) is 4.98 Å². The molecule has 0 aromatic carbocycles. The molecule has 108 valence electrons. The van der Waals surface area contributed by atoms with E-state index in [-0.39, 0.29) is 5.91 Å². The molecule has 2 aromatic rings. The number of rotatable bonds is 4. The molecule has 0 aliphatic heterocycles. The van der Waals surface area contributed by atoms with E-state index in [0.29, 0.717) is 13.0 Å². The molecule has 0 spiro atoms. The number of amides is 1. The van der Waals surface area contributed by atoms with Gasteiger partial charge in [-0.05, 0) is 19.8 Å². The molecule has 1 aliphatic rings. The summed E-state index contributed by atoms with van der Waals surface area (Å²) in [4.78, 5) is 17.3. The van der Waals surface area contributed by atoms with Gasteiger partial charge in [0.2, 0.25) is 5.91 Å². The number of aliphatic hydroxyl groups is 1. The zero-order chi connectivity index (χ0) is 14.2. The molecule has 0 saturated heterocycles. The van der Waals surface area contributed by atoms with Gasteiger partial charge in [0.25, 0.3) is 0 Å². The smallest absolute Gasteiger partial charge is 0.226 e. The summed E-state index contributed by atoms with van der Waals surface area (Å²) in [5.41, 5.74) is 1.21. The Morgan fingerprint density at radius 3 is 3.05 bits per heavy atom. The molecule has 0 atom stereocenters. The maximum atomic E-state index is 12.0. The number of nitrogens with zero attached hydrogens (tertiary/aromatic N) is 2. The normalized spacial score (nSPS) is 17.7. The fourth-order valence-electron chi connectivity index (χ4n) is 2.77. The van der Waals surface area contributed by atoms with E-state index in [0.717, 1.165) is 42.0 Å². The molecule has 6 heteroatoms. The first-order valence-corrected chi connectivity index (χ1v) is 7.85. The number of hydrogen-bond acceptors (Lipinski definition) is 4. The minimum atomic E-state index is -0.689. The summed E-state index contributed by atoms with van der Waals surface area (Å²) in [7, 11) is 0. The summed E-state index contributed by atoms with van der Waals surface area (Å²) in [6.07, 6.45) is 5.94. The van der Waals surface area contributed by atoms with Gasteiger partial charge in [-0.15, -0.1) is 11.3 Å². The van der Waals surface area contributed by atoms with E-state index in [4.69, 9.17) is 0 Å². The molecule has 2 N–H and O–H groups in total. The van der Waals surface area contributed by atoms with E-state index in [1.54, 1.807) is 11.3 Å². The van der Waals surface area contributed by atoms with E-state index in [9.17, 15) is 9.90 Å². The highest BCUT2D eigenvalue weighted by Crippen LogP contribution is 2.28. The first-order chi connectivity index (χ1) is 9.56. The summed E-state index contributed by atoms with van der Waals surface area (Å²) < 4.78 is 1.96. The van der Waals surface area contributed by atoms with Crippen LogP contribution in [0.2, 0.25) is 0 Å². The maximum Gasteiger partial charge on any atom is 0.226 e. The maximum absolute atomic E-state index is 12.0. The van der Waals surface area contributed by atoms with Gasteiger partial charge >= 0.3 is 0 Å². The first-order valence-electron chi connectivity index (χ1n) is 6.97. The van der Waals surface area contributed by atoms with Crippen LogP contribution in [-0.4, -0.2) is 32.5 Å². The molecule has 2 heterocycles. The Kier molecular flexibility index (Phi) is 3.52. The van der Waals surface area contributed by atoms with E-state index in [2.05, 4.69) is 10.3 Å². The number of fused-ring (bicyclic) bond motifs is 1. The molecule has 1 aliphatic carbocycles. The van der Waals surface area contributed by atoms with Gasteiger partial charge in [0.15, 0.2) is 4.96 Å². The Hall–Kier alpha value is -1.40. The Morgan fingerprint density at radius 2 is 2.30 bits per heavy atom. The summed E-state index contributed by atoms with van der Waals surface area (Å²) in [6, 6.07) is 0. The largest absolute Gasteiger partial charge is 0.388 e. The highest BCUT2D eigenvalue weighted by molar-refractivity contribution is 7.15. The van der Waals surface area contributed by atoms with Crippen molar-refractivity contribution in [3.8, 4) is 0 Å². The van der Waals surface area contributed by atoms with Crippen LogP contribution in [0.3, 0.4) is 0 Å². The lowest BCUT2D eigenvalue weighted by molar-refractivity contribution is -0.121. The number of thiazole rings is 1. The summed E-state index contributed by atoms with van der Waals surface area (Å²) >= 11 is 1.54. The van der Waals surface area contributed by atoms with Crippen molar-refractivity contribution in [1.29, 1.82) is 0 Å². The predicted molar refractivity (Wildman–Crippen MR) is 77.9 cm³/mol. The van der Waals surface area contributed by atoms with Crippen molar-refractivity contribution in [2.45, 2.75) is 44.6 Å². The second-order valence-corrected chi connectivity index (χ2v) is 6.48. The van der Waals surface area contributed by atoms with Crippen LogP contribution in [0.25, 0.3) is 4.96 Å². The second-order valence-electron chi connectivity index (χ2n) is 5.65. The average molecular weight is 293 g/mol. The van der Waals surface area contributed by atoms with Crippen LogP contribution in [0.15, 0.2) is 11.6 Å². The van der Waals surface area contributed by atoms with E-state index < -0.39 is 5.60 Å². The first kappa shape index (κ1) is 13.6. The SMILES string of the molecule is Cc1cn2c(CC(=O)NCC3(O)CCCC3)csc2n1. The fourth-order valence-corrected chi connectivity index (χ4v) is 3.69. The van der Waals surface area contributed by atoms with Crippen molar-refractivity contribution < 1.29 is 9.90 Å². The van der Waals surface area contributed by atoms with Gasteiger partial charge in [0.05, 0.1) is 17.7 Å². The van der Waals surface area contributed by atoms with Crippen LogP contribution in [0.1, 0.15) is 37.1 Å². The van der Waals surface area contributed by atoms with Gasteiger partial charge in [0, 0.05) is 23.8 Å². The summed E-state index contributed by atoms with van der Waals surface area (Å²) in [5, 5.41) is 15.0. The second kappa shape index (κ2) is 5.18. The highest BCUT2D eigenvalue weighted by Gasteiger charge is 2.31. The van der Waals surface area contributed by atoms with Crippen molar-refractivity contribution in [1.82, 2.24) is 14.7 Å². The van der Waals surface area contributed by atoms with Crippen molar-refractivity contribution >= 4 is 22.2 Å². The lowest BCUT2D eigenvalue weighted by Gasteiger charge is -2.22. The van der Waals surface area contributed by atoms with Crippen LogP contribution in [0.4, 0.5) is 0 Å². The van der Waals surface area contributed by atoms with Gasteiger partial charge in [0.1, 0.15) is 0 Å². The number of hydrogen-bond donors (Lipinski definition) is 2. The molecule has 0 bridgehead atoms. The molecular formula is C14H19N3O2S. The average Bonchev–Trinajstić information content (AvgIpc) is 3.06. The molecule has 1 amide bonds. The Morgan fingerprint density at radius 1 is 1.55 bits per heavy atom. The van der Waals surface area contributed by atoms with E-state index >= 15 is 0 Å². The monoisotopic (exact) mass is 293 g/mol. The molecule has 2 aromatic heterocycles. The van der Waals surface area contributed by atoms with Crippen LogP contribution in [0, 0.1) is 6.92 Å². The summed E-state index contributed by atoms with van der Waals surface area (Å²) in [6.45, 7) is 2.31. The van der Waals surface area contributed by atoms with Crippen LogP contribution < -0.4 is 5.32 Å². The number of nitrogens with one attached hydrogen (secondary N) is 1. The van der Waals surface area contributed by atoms with Crippen molar-refractivity contribution in [2.24, 2.45) is 0 Å². The lowest BCUT2D eigenvalue weighted by atomic mass is 10.0. The number of aromatic nitrogens is 2. The van der Waals surface area contributed by atoms with Crippen LogP contribution >= 0.6 is 11.3 Å². The highest BCUT2D eigenvalue weighted by atomic mass is 32.1. The molecule has 0 radical (unpaired) electrons. The zero-order valence-corrected chi connectivity index (χ0v) is 12.4. The van der Waals surface area contributed by atoms with Gasteiger partial charge in [-0.3, -0.25) is 9.20 Å². The third-order valence-electron chi connectivity index (χ3n) is 3.89. The van der Waals surface area contributed by atoms with Crippen molar-refractivity contribution in [2.75, 3.05) is 6.54 Å². The molecule has 3 rings (SSSR count). The van der Waals surface area contributed by atoms with Crippen molar-refractivity contribution in [3.63, 3.8) is 0 Å². The van der Waals surface area contributed by atoms with E-state index in [1.165, 1.54) is 0 Å². The van der Waals surface area contributed by atoms with Crippen LogP contribution in [0.5, 0.6) is 0 Å².